The number of anilines is 5. The Morgan fingerprint density at radius 2 is 1.33 bits per heavy atom. The SMILES string of the molecule is O=C(Nc1ccc(CN2CCOC(c3cc(-c4cccc(C(F)(F)F)c4)nc4c3OCCN4C(=O)Nc3ccnc(N4CCCC4)c3)C2)nc1)N1CCOc2ccc(-c3cccc(C(F)(F)F)c3)nc21. The largest absolute Gasteiger partial charge is 0.488 e. The number of amides is 4. The molecule has 21 heteroatoms. The highest BCUT2D eigenvalue weighted by Crippen LogP contribution is 2.43. The summed E-state index contributed by atoms with van der Waals surface area (Å²) in [6.07, 6.45) is -4.57. The molecule has 6 aromatic rings. The van der Waals surface area contributed by atoms with Crippen molar-refractivity contribution in [3.8, 4) is 34.0 Å². The molecular weight excluding hydrogens is 923 g/mol. The van der Waals surface area contributed by atoms with Crippen molar-refractivity contribution in [2.24, 2.45) is 0 Å². The van der Waals surface area contributed by atoms with Crippen molar-refractivity contribution >= 4 is 40.9 Å². The number of hydrogen-bond acceptors (Lipinski definition) is 11. The Kier molecular flexibility index (Phi) is 12.6. The monoisotopic (exact) mass is 966 g/mol. The lowest BCUT2D eigenvalue weighted by atomic mass is 10.0. The summed E-state index contributed by atoms with van der Waals surface area (Å²) in [4.78, 5) is 53.1. The van der Waals surface area contributed by atoms with Crippen LogP contribution < -0.4 is 34.8 Å². The van der Waals surface area contributed by atoms with Gasteiger partial charge in [-0.1, -0.05) is 24.3 Å². The highest BCUT2D eigenvalue weighted by molar-refractivity contribution is 6.03. The zero-order valence-corrected chi connectivity index (χ0v) is 37.3. The van der Waals surface area contributed by atoms with Crippen LogP contribution in [-0.2, 0) is 23.6 Å². The average molecular weight is 967 g/mol. The molecule has 0 saturated carbocycles. The zero-order valence-electron chi connectivity index (χ0n) is 37.3. The van der Waals surface area contributed by atoms with Crippen LogP contribution in [0.2, 0.25) is 0 Å². The number of alkyl halides is 6. The van der Waals surface area contributed by atoms with E-state index in [0.29, 0.717) is 48.0 Å². The van der Waals surface area contributed by atoms with Gasteiger partial charge in [-0.2, -0.15) is 26.3 Å². The summed E-state index contributed by atoms with van der Waals surface area (Å²) >= 11 is 0. The molecule has 10 rings (SSSR count). The standard InChI is InChI=1S/C49H44F6N10O5/c50-48(51,52)32-7-3-5-30(23-32)38-11-12-40-44(60-38)64(18-21-68-40)47(67)59-35-9-10-36(57-27-35)28-62-17-20-69-41(29-62)37-26-39(31-6-4-8-33(24-31)49(53,54)55)61-45-43(37)70-22-19-65(45)46(66)58-34-13-14-56-42(25-34)63-15-1-2-16-63/h3-14,23-27,41H,1-2,15-22,28-29H2,(H,59,67)(H,56,58,66). The number of benzene rings is 2. The zero-order chi connectivity index (χ0) is 48.6. The van der Waals surface area contributed by atoms with Crippen LogP contribution in [0.5, 0.6) is 11.5 Å². The van der Waals surface area contributed by atoms with Gasteiger partial charge in [0.05, 0.1) is 65.9 Å². The predicted octanol–water partition coefficient (Wildman–Crippen LogP) is 9.67. The number of nitrogens with zero attached hydrogens (tertiary/aromatic N) is 8. The molecule has 15 nitrogen and oxygen atoms in total. The van der Waals surface area contributed by atoms with Crippen molar-refractivity contribution in [3.05, 3.63) is 126 Å². The van der Waals surface area contributed by atoms with Gasteiger partial charge in [0.2, 0.25) is 0 Å². The molecule has 8 heterocycles. The van der Waals surface area contributed by atoms with Gasteiger partial charge < -0.3 is 29.7 Å². The first kappa shape index (κ1) is 46.2. The van der Waals surface area contributed by atoms with Gasteiger partial charge in [0.15, 0.2) is 23.1 Å². The Hall–Kier alpha value is -7.52. The molecule has 1 unspecified atom stereocenters. The molecule has 2 saturated heterocycles. The fourth-order valence-electron chi connectivity index (χ4n) is 8.81. The second-order valence-electron chi connectivity index (χ2n) is 17.0. The molecule has 0 bridgehead atoms. The summed E-state index contributed by atoms with van der Waals surface area (Å²) in [7, 11) is 0. The number of halogens is 6. The summed E-state index contributed by atoms with van der Waals surface area (Å²) < 4.78 is 101. The Balaban J connectivity index is 0.860. The third-order valence-corrected chi connectivity index (χ3v) is 12.3. The fraction of sp³-hybridized carbons (Fsp3) is 0.306. The molecule has 2 aromatic carbocycles. The number of aromatic nitrogens is 4. The van der Waals surface area contributed by atoms with Gasteiger partial charge in [0, 0.05) is 67.4 Å². The minimum Gasteiger partial charge on any atom is -0.488 e. The lowest BCUT2D eigenvalue weighted by molar-refractivity contribution is -0.138. The lowest BCUT2D eigenvalue weighted by Gasteiger charge is -2.36. The molecule has 2 N–H and O–H groups in total. The number of nitrogens with one attached hydrogen (secondary N) is 2. The quantitative estimate of drug-likeness (QED) is 0.140. The second-order valence-corrected chi connectivity index (χ2v) is 17.0. The Morgan fingerprint density at radius 3 is 2.03 bits per heavy atom. The van der Waals surface area contributed by atoms with Crippen LogP contribution in [0.1, 0.15) is 41.3 Å². The van der Waals surface area contributed by atoms with Gasteiger partial charge in [-0.3, -0.25) is 19.7 Å². The van der Waals surface area contributed by atoms with E-state index >= 15 is 0 Å². The number of morpholine rings is 1. The number of hydrogen-bond donors (Lipinski definition) is 2. The maximum absolute atomic E-state index is 14.1. The normalized spacial score (nSPS) is 17.3. The molecule has 4 aliphatic rings. The van der Waals surface area contributed by atoms with Crippen LogP contribution in [0, 0.1) is 0 Å². The Bertz CT molecular complexity index is 2920. The van der Waals surface area contributed by atoms with Gasteiger partial charge in [-0.15, -0.1) is 0 Å². The van der Waals surface area contributed by atoms with Gasteiger partial charge in [-0.25, -0.2) is 24.5 Å². The highest BCUT2D eigenvalue weighted by Gasteiger charge is 2.36. The molecule has 4 amide bonds. The molecule has 0 spiro atoms. The first-order valence-corrected chi connectivity index (χ1v) is 22.6. The number of carbonyl (C=O) groups is 2. The summed E-state index contributed by atoms with van der Waals surface area (Å²) in [5.74, 6) is 1.61. The Morgan fingerprint density at radius 1 is 0.657 bits per heavy atom. The Labute approximate surface area is 397 Å². The molecule has 0 aliphatic carbocycles. The third-order valence-electron chi connectivity index (χ3n) is 12.3. The number of pyridine rings is 4. The molecule has 2 fully saturated rings. The smallest absolute Gasteiger partial charge is 0.416 e. The van der Waals surface area contributed by atoms with Crippen LogP contribution in [0.3, 0.4) is 0 Å². The number of ether oxygens (including phenoxy) is 3. The predicted molar refractivity (Wildman–Crippen MR) is 247 cm³/mol. The summed E-state index contributed by atoms with van der Waals surface area (Å²) in [5.41, 5.74) is 1.22. The average Bonchev–Trinajstić information content (AvgIpc) is 3.92. The number of urea groups is 2. The third kappa shape index (κ3) is 9.97. The van der Waals surface area contributed by atoms with Crippen molar-refractivity contribution in [3.63, 3.8) is 0 Å². The summed E-state index contributed by atoms with van der Waals surface area (Å²) in [6, 6.07) is 20.3. The summed E-state index contributed by atoms with van der Waals surface area (Å²) in [6.45, 7) is 3.73. The second kappa shape index (κ2) is 19.1. The van der Waals surface area contributed by atoms with Crippen LogP contribution in [0.4, 0.5) is 64.8 Å². The van der Waals surface area contributed by atoms with Crippen molar-refractivity contribution < 1.29 is 50.1 Å². The van der Waals surface area contributed by atoms with Gasteiger partial charge in [0.1, 0.15) is 19.0 Å². The van der Waals surface area contributed by atoms with E-state index in [4.69, 9.17) is 19.2 Å². The number of rotatable bonds is 8. The van der Waals surface area contributed by atoms with E-state index < -0.39 is 41.6 Å². The lowest BCUT2D eigenvalue weighted by Crippen LogP contribution is -2.42. The van der Waals surface area contributed by atoms with E-state index in [1.807, 2.05) is 0 Å². The maximum Gasteiger partial charge on any atom is 0.416 e. The highest BCUT2D eigenvalue weighted by atomic mass is 19.4. The first-order chi connectivity index (χ1) is 33.7. The molecule has 0 radical (unpaired) electrons. The van der Waals surface area contributed by atoms with E-state index in [1.165, 1.54) is 46.3 Å². The number of carbonyl (C=O) groups excluding carboxylic acids is 2. The molecule has 1 atom stereocenters. The van der Waals surface area contributed by atoms with Crippen LogP contribution in [0.15, 0.2) is 103 Å². The van der Waals surface area contributed by atoms with Gasteiger partial charge in [0.25, 0.3) is 0 Å². The minimum atomic E-state index is -4.61. The molecular formula is C49H44F6N10O5. The minimum absolute atomic E-state index is 0.113. The van der Waals surface area contributed by atoms with E-state index in [1.54, 1.807) is 42.6 Å². The van der Waals surface area contributed by atoms with Crippen LogP contribution >= 0.6 is 0 Å². The van der Waals surface area contributed by atoms with Crippen molar-refractivity contribution in [2.75, 3.05) is 84.4 Å². The molecule has 362 valence electrons. The van der Waals surface area contributed by atoms with Crippen molar-refractivity contribution in [1.29, 1.82) is 0 Å². The number of fused-ring (bicyclic) bond motifs is 2. The van der Waals surface area contributed by atoms with Crippen LogP contribution in [-0.4, -0.2) is 96.0 Å². The van der Waals surface area contributed by atoms with E-state index in [-0.39, 0.29) is 72.8 Å². The van der Waals surface area contributed by atoms with E-state index in [0.717, 1.165) is 56.0 Å². The van der Waals surface area contributed by atoms with Gasteiger partial charge in [-0.05, 0) is 73.5 Å². The van der Waals surface area contributed by atoms with Crippen LogP contribution in [0.25, 0.3) is 22.5 Å². The first-order valence-electron chi connectivity index (χ1n) is 22.6. The van der Waals surface area contributed by atoms with Gasteiger partial charge >= 0.3 is 24.4 Å². The van der Waals surface area contributed by atoms with Crippen molar-refractivity contribution in [2.45, 2.75) is 37.8 Å². The van der Waals surface area contributed by atoms with Crippen molar-refractivity contribution in [1.82, 2.24) is 24.8 Å². The maximum atomic E-state index is 14.1. The molecule has 4 aliphatic heterocycles. The fourth-order valence-corrected chi connectivity index (χ4v) is 8.81. The molecule has 70 heavy (non-hydrogen) atoms. The van der Waals surface area contributed by atoms with E-state index in [2.05, 4.69) is 35.4 Å². The topological polar surface area (TPSA) is 150 Å². The van der Waals surface area contributed by atoms with E-state index in [9.17, 15) is 35.9 Å². The summed E-state index contributed by atoms with van der Waals surface area (Å²) in [5, 5.41) is 5.78. The molecule has 4 aromatic heterocycles.